The normalized spacial score (nSPS) is 12.1. The fourth-order valence-electron chi connectivity index (χ4n) is 0.908. The van der Waals surface area contributed by atoms with Gasteiger partial charge in [0.15, 0.2) is 0 Å². The van der Waals surface area contributed by atoms with Crippen molar-refractivity contribution in [2.75, 3.05) is 0 Å². The Morgan fingerprint density at radius 3 is 2.09 bits per heavy atom. The Kier molecular flexibility index (Phi) is 1.70. The number of aryl methyl sites for hydroxylation is 1. The maximum Gasteiger partial charge on any atom is 0.418 e. The zero-order valence-electron chi connectivity index (χ0n) is 6.24. The fraction of sp³-hybridized carbons (Fsp3) is 0.429. The van der Waals surface area contributed by atoms with Crippen LogP contribution < -0.4 is 0 Å². The summed E-state index contributed by atoms with van der Waals surface area (Å²) in [5.41, 5.74) is -0.308. The molecule has 1 rings (SSSR count). The molecule has 4 heteroatoms. The molecule has 0 saturated heterocycles. The lowest BCUT2D eigenvalue weighted by molar-refractivity contribution is -0.138. The van der Waals surface area contributed by atoms with Crippen molar-refractivity contribution in [1.29, 1.82) is 0 Å². The number of hydrogen-bond donors (Lipinski definition) is 0. The molecule has 1 aromatic heterocycles. The van der Waals surface area contributed by atoms with Crippen molar-refractivity contribution in [3.63, 3.8) is 0 Å². The number of halogens is 3. The molecule has 0 atom stereocenters. The predicted octanol–water partition coefficient (Wildman–Crippen LogP) is 2.35. The van der Waals surface area contributed by atoms with E-state index in [2.05, 4.69) is 0 Å². The molecule has 11 heavy (non-hydrogen) atoms. The van der Waals surface area contributed by atoms with Gasteiger partial charge >= 0.3 is 6.18 Å². The molecule has 1 heterocycles. The fourth-order valence-corrected chi connectivity index (χ4v) is 0.908. The largest absolute Gasteiger partial charge is 0.418 e. The highest BCUT2D eigenvalue weighted by Crippen LogP contribution is 2.31. The second-order valence-electron chi connectivity index (χ2n) is 2.42. The van der Waals surface area contributed by atoms with E-state index in [1.54, 1.807) is 7.05 Å². The van der Waals surface area contributed by atoms with Crippen LogP contribution in [0.5, 0.6) is 0 Å². The van der Waals surface area contributed by atoms with Gasteiger partial charge in [0, 0.05) is 18.9 Å². The summed E-state index contributed by atoms with van der Waals surface area (Å²) in [4.78, 5) is 0. The van der Waals surface area contributed by atoms with Crippen LogP contribution >= 0.6 is 0 Å². The van der Waals surface area contributed by atoms with Crippen LogP contribution in [0.3, 0.4) is 0 Å². The van der Waals surface area contributed by atoms with Gasteiger partial charge in [0.1, 0.15) is 0 Å². The van der Waals surface area contributed by atoms with Crippen molar-refractivity contribution in [3.8, 4) is 0 Å². The minimum atomic E-state index is -4.22. The van der Waals surface area contributed by atoms with E-state index in [0.29, 0.717) is 0 Å². The number of alkyl halides is 3. The van der Waals surface area contributed by atoms with Gasteiger partial charge < -0.3 is 4.57 Å². The molecule has 1 nitrogen and oxygen atoms in total. The third kappa shape index (κ3) is 1.39. The highest BCUT2D eigenvalue weighted by atomic mass is 19.4. The van der Waals surface area contributed by atoms with E-state index in [9.17, 15) is 13.2 Å². The summed E-state index contributed by atoms with van der Waals surface area (Å²) in [6, 6.07) is 1.08. The molecule has 0 fully saturated rings. The van der Waals surface area contributed by atoms with Gasteiger partial charge in [-0.05, 0) is 13.0 Å². The zero-order valence-corrected chi connectivity index (χ0v) is 6.24. The topological polar surface area (TPSA) is 4.93 Å². The van der Waals surface area contributed by atoms with Crippen molar-refractivity contribution >= 4 is 0 Å². The lowest BCUT2D eigenvalue weighted by Crippen LogP contribution is -2.06. The summed E-state index contributed by atoms with van der Waals surface area (Å²) in [7, 11) is 1.59. The first-order chi connectivity index (χ1) is 4.93. The number of rotatable bonds is 0. The van der Waals surface area contributed by atoms with Crippen molar-refractivity contribution in [2.45, 2.75) is 13.1 Å². The lowest BCUT2D eigenvalue weighted by atomic mass is 10.2. The average Bonchev–Trinajstić information content (AvgIpc) is 2.11. The van der Waals surface area contributed by atoms with E-state index in [4.69, 9.17) is 0 Å². The van der Waals surface area contributed by atoms with Crippen molar-refractivity contribution in [1.82, 2.24) is 4.57 Å². The van der Waals surface area contributed by atoms with Crippen molar-refractivity contribution < 1.29 is 13.2 Å². The van der Waals surface area contributed by atoms with Gasteiger partial charge in [0.05, 0.1) is 5.56 Å². The number of nitrogens with zero attached hydrogens (tertiary/aromatic N) is 1. The molecule has 1 aromatic rings. The monoisotopic (exact) mass is 163 g/mol. The second-order valence-corrected chi connectivity index (χ2v) is 2.42. The summed E-state index contributed by atoms with van der Waals surface area (Å²) >= 11 is 0. The summed E-state index contributed by atoms with van der Waals surface area (Å²) in [6.07, 6.45) is -2.82. The predicted molar refractivity (Wildman–Crippen MR) is 35.2 cm³/mol. The first-order valence-corrected chi connectivity index (χ1v) is 3.12. The number of aromatic nitrogens is 1. The standard InChI is InChI=1S/C7H8F3N/c1-5-6(7(8,9)10)3-4-11(5)2/h3-4H,1-2H3. The van der Waals surface area contributed by atoms with Crippen LogP contribution in [0.4, 0.5) is 13.2 Å². The summed E-state index contributed by atoms with van der Waals surface area (Å²) in [5, 5.41) is 0. The summed E-state index contributed by atoms with van der Waals surface area (Å²) in [5.74, 6) is 0. The molecule has 0 bridgehead atoms. The average molecular weight is 163 g/mol. The van der Waals surface area contributed by atoms with E-state index in [1.165, 1.54) is 17.7 Å². The van der Waals surface area contributed by atoms with Gasteiger partial charge in [0.25, 0.3) is 0 Å². The third-order valence-corrected chi connectivity index (χ3v) is 1.69. The van der Waals surface area contributed by atoms with Crippen LogP contribution in [0, 0.1) is 6.92 Å². The maximum absolute atomic E-state index is 12.0. The van der Waals surface area contributed by atoms with Crippen molar-refractivity contribution in [2.24, 2.45) is 7.05 Å². The Labute approximate surface area is 62.4 Å². The Hall–Kier alpha value is -0.930. The minimum absolute atomic E-state index is 0.248. The highest BCUT2D eigenvalue weighted by molar-refractivity contribution is 5.23. The van der Waals surface area contributed by atoms with Gasteiger partial charge in [-0.25, -0.2) is 0 Å². The van der Waals surface area contributed by atoms with Crippen LogP contribution in [-0.4, -0.2) is 4.57 Å². The summed E-state index contributed by atoms with van der Waals surface area (Å²) in [6.45, 7) is 1.45. The zero-order chi connectivity index (χ0) is 8.65. The van der Waals surface area contributed by atoms with Gasteiger partial charge in [-0.1, -0.05) is 0 Å². The SMILES string of the molecule is Cc1c(C(F)(F)F)ccn1C. The van der Waals surface area contributed by atoms with E-state index in [-0.39, 0.29) is 5.69 Å². The van der Waals surface area contributed by atoms with E-state index >= 15 is 0 Å². The van der Waals surface area contributed by atoms with Gasteiger partial charge in [-0.2, -0.15) is 13.2 Å². The Balaban J connectivity index is 3.15. The van der Waals surface area contributed by atoms with Gasteiger partial charge in [0.2, 0.25) is 0 Å². The molecule has 0 aromatic carbocycles. The maximum atomic E-state index is 12.0. The molecule has 0 amide bonds. The highest BCUT2D eigenvalue weighted by Gasteiger charge is 2.33. The quantitative estimate of drug-likeness (QED) is 0.553. The van der Waals surface area contributed by atoms with E-state index in [1.807, 2.05) is 0 Å². The van der Waals surface area contributed by atoms with Crippen molar-refractivity contribution in [3.05, 3.63) is 23.5 Å². The third-order valence-electron chi connectivity index (χ3n) is 1.69. The smallest absolute Gasteiger partial charge is 0.354 e. The van der Waals surface area contributed by atoms with Crippen LogP contribution in [-0.2, 0) is 13.2 Å². The van der Waals surface area contributed by atoms with Crippen LogP contribution in [0.15, 0.2) is 12.3 Å². The molecule has 0 unspecified atom stereocenters. The number of hydrogen-bond acceptors (Lipinski definition) is 0. The van der Waals surface area contributed by atoms with Crippen LogP contribution in [0.1, 0.15) is 11.3 Å². The molecule has 0 aliphatic heterocycles. The molecule has 62 valence electrons. The molecule has 0 N–H and O–H groups in total. The molecular weight excluding hydrogens is 155 g/mol. The molecule has 0 spiro atoms. The first-order valence-electron chi connectivity index (χ1n) is 3.12. The van der Waals surface area contributed by atoms with E-state index < -0.39 is 11.7 Å². The Morgan fingerprint density at radius 1 is 1.36 bits per heavy atom. The molecule has 0 aliphatic carbocycles. The molecular formula is C7H8F3N. The molecule has 0 saturated carbocycles. The first kappa shape index (κ1) is 8.17. The van der Waals surface area contributed by atoms with E-state index in [0.717, 1.165) is 6.07 Å². The Bertz CT molecular complexity index is 259. The minimum Gasteiger partial charge on any atom is -0.354 e. The van der Waals surface area contributed by atoms with Gasteiger partial charge in [-0.15, -0.1) is 0 Å². The Morgan fingerprint density at radius 2 is 1.91 bits per heavy atom. The lowest BCUT2D eigenvalue weighted by Gasteiger charge is -2.05. The van der Waals surface area contributed by atoms with Gasteiger partial charge in [-0.3, -0.25) is 0 Å². The van der Waals surface area contributed by atoms with Crippen LogP contribution in [0.25, 0.3) is 0 Å². The second kappa shape index (κ2) is 2.29. The molecule has 0 radical (unpaired) electrons. The molecule has 0 aliphatic rings. The van der Waals surface area contributed by atoms with Crippen LogP contribution in [0.2, 0.25) is 0 Å². The summed E-state index contributed by atoms with van der Waals surface area (Å²) < 4.78 is 37.6.